The number of ether oxygens (including phenoxy) is 1. The van der Waals surface area contributed by atoms with Crippen LogP contribution in [0.15, 0.2) is 6.20 Å². The fourth-order valence-corrected chi connectivity index (χ4v) is 1.09. The summed E-state index contributed by atoms with van der Waals surface area (Å²) in [5.74, 6) is 0.983. The number of hydrogen-bond acceptors (Lipinski definition) is 4. The van der Waals surface area contributed by atoms with Crippen LogP contribution in [0.5, 0.6) is 5.88 Å². The fourth-order valence-electron chi connectivity index (χ4n) is 0.951. The molecular formula is C10H16ClN3O. The Hall–Kier alpha value is -1.03. The van der Waals surface area contributed by atoms with Gasteiger partial charge in [0.05, 0.1) is 12.3 Å². The third kappa shape index (κ3) is 3.55. The highest BCUT2D eigenvalue weighted by Gasteiger charge is 2.09. The first-order valence-electron chi connectivity index (χ1n) is 5.10. The van der Waals surface area contributed by atoms with Gasteiger partial charge in [-0.1, -0.05) is 18.5 Å². The van der Waals surface area contributed by atoms with Crippen LogP contribution in [0.2, 0.25) is 5.02 Å². The summed E-state index contributed by atoms with van der Waals surface area (Å²) in [7, 11) is 0. The number of hydrogen-bond donors (Lipinski definition) is 1. The summed E-state index contributed by atoms with van der Waals surface area (Å²) < 4.78 is 5.56. The Morgan fingerprint density at radius 1 is 1.53 bits per heavy atom. The van der Waals surface area contributed by atoms with Gasteiger partial charge in [-0.15, -0.1) is 0 Å². The van der Waals surface area contributed by atoms with Crippen LogP contribution in [-0.4, -0.2) is 22.6 Å². The Kier molecular flexibility index (Phi) is 4.62. The van der Waals surface area contributed by atoms with Crippen molar-refractivity contribution < 1.29 is 4.74 Å². The van der Waals surface area contributed by atoms with E-state index in [1.807, 2.05) is 20.8 Å². The summed E-state index contributed by atoms with van der Waals surface area (Å²) in [5.41, 5.74) is 0. The number of nitrogens with one attached hydrogen (secondary N) is 1. The zero-order valence-corrected chi connectivity index (χ0v) is 10.0. The zero-order chi connectivity index (χ0) is 11.3. The Morgan fingerprint density at radius 3 is 2.87 bits per heavy atom. The van der Waals surface area contributed by atoms with Gasteiger partial charge in [0, 0.05) is 6.54 Å². The van der Waals surface area contributed by atoms with Crippen molar-refractivity contribution in [2.75, 3.05) is 11.9 Å². The molecule has 0 aliphatic heterocycles. The average Bonchev–Trinajstić information content (AvgIpc) is 2.23. The molecule has 0 aromatic carbocycles. The van der Waals surface area contributed by atoms with Gasteiger partial charge in [0.15, 0.2) is 0 Å². The standard InChI is InChI=1S/C10H16ClN3O/c1-4-7(3)15-9-8(11)6-13-10(14-9)12-5-2/h6-7H,4-5H2,1-3H3,(H,12,13,14). The van der Waals surface area contributed by atoms with E-state index >= 15 is 0 Å². The molecule has 5 heteroatoms. The lowest BCUT2D eigenvalue weighted by atomic mass is 10.3. The predicted octanol–water partition coefficient (Wildman–Crippen LogP) is 2.74. The largest absolute Gasteiger partial charge is 0.473 e. The topological polar surface area (TPSA) is 47.0 Å². The molecule has 0 bridgehead atoms. The molecule has 15 heavy (non-hydrogen) atoms. The van der Waals surface area contributed by atoms with Crippen LogP contribution in [0.3, 0.4) is 0 Å². The maximum absolute atomic E-state index is 5.92. The Labute approximate surface area is 95.0 Å². The number of rotatable bonds is 5. The second kappa shape index (κ2) is 5.75. The van der Waals surface area contributed by atoms with Gasteiger partial charge in [0.2, 0.25) is 11.8 Å². The Morgan fingerprint density at radius 2 is 2.27 bits per heavy atom. The normalized spacial score (nSPS) is 12.3. The molecular weight excluding hydrogens is 214 g/mol. The van der Waals surface area contributed by atoms with Gasteiger partial charge in [0.1, 0.15) is 5.02 Å². The first-order chi connectivity index (χ1) is 7.17. The molecule has 0 aliphatic carbocycles. The molecule has 0 saturated carbocycles. The second-order valence-electron chi connectivity index (χ2n) is 3.21. The molecule has 1 heterocycles. The SMILES string of the molecule is CCNc1ncc(Cl)c(OC(C)CC)n1. The third-order valence-electron chi connectivity index (χ3n) is 1.93. The highest BCUT2D eigenvalue weighted by atomic mass is 35.5. The Balaban J connectivity index is 2.80. The first kappa shape index (κ1) is 12.0. The van der Waals surface area contributed by atoms with Crippen molar-refractivity contribution in [2.45, 2.75) is 33.3 Å². The molecule has 1 aromatic heterocycles. The number of nitrogens with zero attached hydrogens (tertiary/aromatic N) is 2. The van der Waals surface area contributed by atoms with E-state index in [0.717, 1.165) is 13.0 Å². The van der Waals surface area contributed by atoms with Gasteiger partial charge in [0.25, 0.3) is 0 Å². The van der Waals surface area contributed by atoms with E-state index in [-0.39, 0.29) is 6.10 Å². The lowest BCUT2D eigenvalue weighted by molar-refractivity contribution is 0.209. The van der Waals surface area contributed by atoms with Crippen LogP contribution >= 0.6 is 11.6 Å². The third-order valence-corrected chi connectivity index (χ3v) is 2.19. The van der Waals surface area contributed by atoms with Crippen LogP contribution in [0.4, 0.5) is 5.95 Å². The van der Waals surface area contributed by atoms with Crippen molar-refractivity contribution in [3.05, 3.63) is 11.2 Å². The van der Waals surface area contributed by atoms with Crippen molar-refractivity contribution in [3.63, 3.8) is 0 Å². The van der Waals surface area contributed by atoms with E-state index in [9.17, 15) is 0 Å². The van der Waals surface area contributed by atoms with Crippen LogP contribution in [0, 0.1) is 0 Å². The maximum Gasteiger partial charge on any atom is 0.237 e. The second-order valence-corrected chi connectivity index (χ2v) is 3.62. The molecule has 4 nitrogen and oxygen atoms in total. The molecule has 0 radical (unpaired) electrons. The molecule has 0 saturated heterocycles. The van der Waals surface area contributed by atoms with E-state index in [2.05, 4.69) is 15.3 Å². The van der Waals surface area contributed by atoms with Crippen molar-refractivity contribution in [1.82, 2.24) is 9.97 Å². The minimum Gasteiger partial charge on any atom is -0.473 e. The summed E-state index contributed by atoms with van der Waals surface area (Å²) >= 11 is 5.92. The van der Waals surface area contributed by atoms with Crippen LogP contribution < -0.4 is 10.1 Å². The Bertz CT molecular complexity index is 320. The minimum absolute atomic E-state index is 0.104. The zero-order valence-electron chi connectivity index (χ0n) is 9.25. The minimum atomic E-state index is 0.104. The molecule has 0 amide bonds. The smallest absolute Gasteiger partial charge is 0.237 e. The van der Waals surface area contributed by atoms with Gasteiger partial charge in [-0.3, -0.25) is 0 Å². The molecule has 1 rings (SSSR count). The summed E-state index contributed by atoms with van der Waals surface area (Å²) in [4.78, 5) is 8.20. The highest BCUT2D eigenvalue weighted by Crippen LogP contribution is 2.23. The molecule has 0 aliphatic rings. The summed E-state index contributed by atoms with van der Waals surface area (Å²) in [6.07, 6.45) is 2.56. The van der Waals surface area contributed by atoms with E-state index in [1.165, 1.54) is 0 Å². The molecule has 1 atom stereocenters. The van der Waals surface area contributed by atoms with Crippen molar-refractivity contribution in [2.24, 2.45) is 0 Å². The van der Waals surface area contributed by atoms with E-state index < -0.39 is 0 Å². The summed E-state index contributed by atoms with van der Waals surface area (Å²) in [6, 6.07) is 0. The lowest BCUT2D eigenvalue weighted by Crippen LogP contribution is -2.12. The van der Waals surface area contributed by atoms with Crippen LogP contribution in [-0.2, 0) is 0 Å². The number of aromatic nitrogens is 2. The van der Waals surface area contributed by atoms with Crippen molar-refractivity contribution >= 4 is 17.5 Å². The van der Waals surface area contributed by atoms with E-state index in [0.29, 0.717) is 16.9 Å². The number of anilines is 1. The van der Waals surface area contributed by atoms with Gasteiger partial charge in [-0.05, 0) is 20.3 Å². The van der Waals surface area contributed by atoms with E-state index in [4.69, 9.17) is 16.3 Å². The fraction of sp³-hybridized carbons (Fsp3) is 0.600. The van der Waals surface area contributed by atoms with Crippen molar-refractivity contribution in [3.8, 4) is 5.88 Å². The first-order valence-corrected chi connectivity index (χ1v) is 5.48. The van der Waals surface area contributed by atoms with Crippen molar-refractivity contribution in [1.29, 1.82) is 0 Å². The van der Waals surface area contributed by atoms with Gasteiger partial charge >= 0.3 is 0 Å². The maximum atomic E-state index is 5.92. The molecule has 0 fully saturated rings. The molecule has 1 N–H and O–H groups in total. The van der Waals surface area contributed by atoms with Gasteiger partial charge in [-0.2, -0.15) is 4.98 Å². The monoisotopic (exact) mass is 229 g/mol. The molecule has 84 valence electrons. The molecule has 1 aromatic rings. The quantitative estimate of drug-likeness (QED) is 0.844. The van der Waals surface area contributed by atoms with Gasteiger partial charge in [-0.25, -0.2) is 4.98 Å². The number of halogens is 1. The van der Waals surface area contributed by atoms with Crippen LogP contribution in [0.1, 0.15) is 27.2 Å². The predicted molar refractivity (Wildman–Crippen MR) is 61.6 cm³/mol. The van der Waals surface area contributed by atoms with Gasteiger partial charge < -0.3 is 10.1 Å². The molecule has 0 spiro atoms. The van der Waals surface area contributed by atoms with E-state index in [1.54, 1.807) is 6.20 Å². The highest BCUT2D eigenvalue weighted by molar-refractivity contribution is 6.31. The summed E-state index contributed by atoms with van der Waals surface area (Å²) in [6.45, 7) is 6.77. The lowest BCUT2D eigenvalue weighted by Gasteiger charge is -2.13. The average molecular weight is 230 g/mol. The van der Waals surface area contributed by atoms with Crippen LogP contribution in [0.25, 0.3) is 0 Å². The molecule has 1 unspecified atom stereocenters. The summed E-state index contributed by atoms with van der Waals surface area (Å²) in [5, 5.41) is 3.45.